The maximum absolute atomic E-state index is 12.5. The number of thioether (sulfide) groups is 1. The molecule has 32 heavy (non-hydrogen) atoms. The highest BCUT2D eigenvalue weighted by molar-refractivity contribution is 8.18. The average molecular weight is 495 g/mol. The Balaban J connectivity index is 1.87. The first-order valence-corrected chi connectivity index (χ1v) is 11.1. The Morgan fingerprint density at radius 2 is 2.00 bits per heavy atom. The number of rotatable bonds is 7. The molecule has 1 aliphatic heterocycles. The molecular formula is C22H20Cl2N2O5S. The van der Waals surface area contributed by atoms with Gasteiger partial charge in [0.25, 0.3) is 5.91 Å². The molecule has 0 atom stereocenters. The van der Waals surface area contributed by atoms with Crippen molar-refractivity contribution in [1.29, 1.82) is 0 Å². The molecule has 1 heterocycles. The molecule has 7 nitrogen and oxygen atoms in total. The summed E-state index contributed by atoms with van der Waals surface area (Å²) in [6.07, 6.45) is 1.67. The van der Waals surface area contributed by atoms with Gasteiger partial charge in [-0.25, -0.2) is 9.79 Å². The van der Waals surface area contributed by atoms with Crippen LogP contribution in [-0.2, 0) is 14.3 Å². The van der Waals surface area contributed by atoms with Crippen molar-refractivity contribution in [3.8, 4) is 11.5 Å². The Labute approximate surface area is 199 Å². The quantitative estimate of drug-likeness (QED) is 0.423. The van der Waals surface area contributed by atoms with E-state index in [0.717, 1.165) is 5.56 Å². The number of amidine groups is 1. The molecule has 1 aliphatic rings. The molecule has 0 radical (unpaired) electrons. The van der Waals surface area contributed by atoms with Gasteiger partial charge in [0.05, 0.1) is 29.3 Å². The molecule has 0 aromatic heterocycles. The first kappa shape index (κ1) is 24.0. The number of methoxy groups -OCH3 is 1. The monoisotopic (exact) mass is 494 g/mol. The van der Waals surface area contributed by atoms with Crippen LogP contribution in [0.4, 0.5) is 5.69 Å². The highest BCUT2D eigenvalue weighted by Crippen LogP contribution is 2.38. The number of carbonyl (C=O) groups excluding carboxylic acids is 2. The zero-order valence-corrected chi connectivity index (χ0v) is 19.9. The van der Waals surface area contributed by atoms with Crippen LogP contribution in [0.25, 0.3) is 6.08 Å². The van der Waals surface area contributed by atoms with Crippen LogP contribution in [0.2, 0.25) is 10.0 Å². The van der Waals surface area contributed by atoms with Gasteiger partial charge in [-0.15, -0.1) is 0 Å². The van der Waals surface area contributed by atoms with Crippen LogP contribution in [0.15, 0.2) is 40.2 Å². The predicted molar refractivity (Wildman–Crippen MR) is 127 cm³/mol. The van der Waals surface area contributed by atoms with E-state index in [9.17, 15) is 9.59 Å². The standard InChI is InChI=1S/C22H20Cl2N2O5S/c1-4-30-17-9-13(8-15(24)20(17)31-11-19(27)29-3)10-18-21(28)26-22(32-18)25-16-7-5-6-14(23)12(16)2/h5-10H,4,11H2,1-3H3,(H,25,26,28)/b18-10+. The van der Waals surface area contributed by atoms with Gasteiger partial charge in [-0.05, 0) is 67.1 Å². The maximum Gasteiger partial charge on any atom is 0.343 e. The summed E-state index contributed by atoms with van der Waals surface area (Å²) in [5.74, 6) is -0.255. The number of hydrogen-bond acceptors (Lipinski definition) is 7. The van der Waals surface area contributed by atoms with E-state index >= 15 is 0 Å². The summed E-state index contributed by atoms with van der Waals surface area (Å²) < 4.78 is 15.6. The number of nitrogens with zero attached hydrogens (tertiary/aromatic N) is 1. The van der Waals surface area contributed by atoms with E-state index in [1.807, 2.05) is 19.9 Å². The van der Waals surface area contributed by atoms with Crippen LogP contribution >= 0.6 is 35.0 Å². The van der Waals surface area contributed by atoms with Gasteiger partial charge in [0.1, 0.15) is 0 Å². The third-order valence-corrected chi connectivity index (χ3v) is 5.90. The Morgan fingerprint density at radius 3 is 2.72 bits per heavy atom. The minimum absolute atomic E-state index is 0.225. The molecule has 3 rings (SSSR count). The van der Waals surface area contributed by atoms with Gasteiger partial charge in [-0.1, -0.05) is 29.3 Å². The zero-order valence-electron chi connectivity index (χ0n) is 17.5. The number of benzene rings is 2. The molecule has 10 heteroatoms. The minimum Gasteiger partial charge on any atom is -0.490 e. The fourth-order valence-electron chi connectivity index (χ4n) is 2.72. The van der Waals surface area contributed by atoms with Crippen LogP contribution in [0.5, 0.6) is 11.5 Å². The lowest BCUT2D eigenvalue weighted by Gasteiger charge is -2.14. The van der Waals surface area contributed by atoms with Crippen LogP contribution < -0.4 is 14.8 Å². The second kappa shape index (κ2) is 10.8. The Bertz CT molecular complexity index is 1120. The summed E-state index contributed by atoms with van der Waals surface area (Å²) in [5.41, 5.74) is 2.13. The topological polar surface area (TPSA) is 86.2 Å². The van der Waals surface area contributed by atoms with Crippen LogP contribution in [0.1, 0.15) is 18.1 Å². The number of carbonyl (C=O) groups is 2. The van der Waals surface area contributed by atoms with Gasteiger partial charge in [0.15, 0.2) is 23.3 Å². The van der Waals surface area contributed by atoms with Gasteiger partial charge in [-0.2, -0.15) is 0 Å². The third kappa shape index (κ3) is 5.76. The molecular weight excluding hydrogens is 475 g/mol. The van der Waals surface area contributed by atoms with Gasteiger partial charge >= 0.3 is 5.97 Å². The Hall–Kier alpha value is -2.68. The smallest absolute Gasteiger partial charge is 0.343 e. The number of esters is 1. The van der Waals surface area contributed by atoms with E-state index in [0.29, 0.717) is 38.7 Å². The number of aliphatic imine (C=N–C) groups is 1. The second-order valence-corrected chi connectivity index (χ2v) is 8.34. The predicted octanol–water partition coefficient (Wildman–Crippen LogP) is 5.14. The molecule has 1 fully saturated rings. The SMILES string of the molecule is CCOc1cc(/C=C2/SC(=Nc3cccc(Cl)c3C)NC2=O)cc(Cl)c1OCC(=O)OC. The lowest BCUT2D eigenvalue weighted by atomic mass is 10.2. The molecule has 1 amide bonds. The second-order valence-electron chi connectivity index (χ2n) is 6.49. The number of halogens is 2. The summed E-state index contributed by atoms with van der Waals surface area (Å²) in [4.78, 5) is 28.8. The van der Waals surface area contributed by atoms with E-state index in [1.165, 1.54) is 18.9 Å². The summed E-state index contributed by atoms with van der Waals surface area (Å²) in [6, 6.07) is 8.70. The average Bonchev–Trinajstić information content (AvgIpc) is 3.09. The van der Waals surface area contributed by atoms with Crippen molar-refractivity contribution in [1.82, 2.24) is 5.32 Å². The normalized spacial score (nSPS) is 15.7. The van der Waals surface area contributed by atoms with Crippen LogP contribution in [0, 0.1) is 6.92 Å². The van der Waals surface area contributed by atoms with Gasteiger partial charge in [0, 0.05) is 5.02 Å². The van der Waals surface area contributed by atoms with Crippen molar-refractivity contribution in [2.75, 3.05) is 20.3 Å². The Kier molecular flexibility index (Phi) is 8.06. The first-order valence-electron chi connectivity index (χ1n) is 9.53. The molecule has 0 aliphatic carbocycles. The van der Waals surface area contributed by atoms with Gasteiger partial charge < -0.3 is 19.5 Å². The molecule has 1 N–H and O–H groups in total. The van der Waals surface area contributed by atoms with Crippen LogP contribution in [-0.4, -0.2) is 37.4 Å². The molecule has 0 bridgehead atoms. The van der Waals surface area contributed by atoms with Crippen molar-refractivity contribution in [3.05, 3.63) is 56.4 Å². The summed E-state index contributed by atoms with van der Waals surface area (Å²) in [5, 5.41) is 4.03. The van der Waals surface area contributed by atoms with Gasteiger partial charge in [-0.3, -0.25) is 4.79 Å². The summed E-state index contributed by atoms with van der Waals surface area (Å²) in [7, 11) is 1.27. The number of amides is 1. The molecule has 2 aromatic carbocycles. The zero-order chi connectivity index (χ0) is 23.3. The van der Waals surface area contributed by atoms with E-state index in [-0.39, 0.29) is 23.3 Å². The van der Waals surface area contributed by atoms with E-state index in [2.05, 4.69) is 15.0 Å². The van der Waals surface area contributed by atoms with E-state index < -0.39 is 5.97 Å². The molecule has 1 saturated heterocycles. The van der Waals surface area contributed by atoms with E-state index in [1.54, 1.807) is 30.3 Å². The lowest BCUT2D eigenvalue weighted by Crippen LogP contribution is -2.19. The molecule has 0 unspecified atom stereocenters. The molecule has 0 saturated carbocycles. The van der Waals surface area contributed by atoms with Crippen molar-refractivity contribution >= 4 is 63.8 Å². The van der Waals surface area contributed by atoms with Crippen molar-refractivity contribution < 1.29 is 23.8 Å². The number of nitrogens with one attached hydrogen (secondary N) is 1. The summed E-state index contributed by atoms with van der Waals surface area (Å²) >= 11 is 13.7. The van der Waals surface area contributed by atoms with Gasteiger partial charge in [0.2, 0.25) is 0 Å². The van der Waals surface area contributed by atoms with Crippen LogP contribution in [0.3, 0.4) is 0 Å². The van der Waals surface area contributed by atoms with E-state index in [4.69, 9.17) is 32.7 Å². The molecule has 168 valence electrons. The highest BCUT2D eigenvalue weighted by Gasteiger charge is 2.24. The lowest BCUT2D eigenvalue weighted by molar-refractivity contribution is -0.142. The summed E-state index contributed by atoms with van der Waals surface area (Å²) in [6.45, 7) is 3.72. The third-order valence-electron chi connectivity index (χ3n) is 4.30. The number of hydrogen-bond donors (Lipinski definition) is 1. The molecule has 2 aromatic rings. The highest BCUT2D eigenvalue weighted by atomic mass is 35.5. The molecule has 0 spiro atoms. The van der Waals surface area contributed by atoms with Crippen molar-refractivity contribution in [2.45, 2.75) is 13.8 Å². The fourth-order valence-corrected chi connectivity index (χ4v) is 4.00. The van der Waals surface area contributed by atoms with Crippen molar-refractivity contribution in [2.24, 2.45) is 4.99 Å². The largest absolute Gasteiger partial charge is 0.490 e. The minimum atomic E-state index is -0.546. The maximum atomic E-state index is 12.5. The fraction of sp³-hybridized carbons (Fsp3) is 0.227. The van der Waals surface area contributed by atoms with Crippen molar-refractivity contribution in [3.63, 3.8) is 0 Å². The number of ether oxygens (including phenoxy) is 3. The first-order chi connectivity index (χ1) is 15.3. The Morgan fingerprint density at radius 1 is 1.22 bits per heavy atom.